The fourth-order valence-electron chi connectivity index (χ4n) is 4.15. The third-order valence-electron chi connectivity index (χ3n) is 5.61. The van der Waals surface area contributed by atoms with E-state index in [4.69, 9.17) is 0 Å². The Labute approximate surface area is 146 Å². The van der Waals surface area contributed by atoms with Crippen molar-refractivity contribution in [3.63, 3.8) is 0 Å². The van der Waals surface area contributed by atoms with E-state index in [0.29, 0.717) is 5.92 Å². The van der Waals surface area contributed by atoms with Crippen LogP contribution in [-0.2, 0) is 17.8 Å². The van der Waals surface area contributed by atoms with Crippen molar-refractivity contribution in [1.29, 1.82) is 0 Å². The molecule has 0 spiro atoms. The number of aryl methyl sites for hydroxylation is 1. The van der Waals surface area contributed by atoms with Crippen LogP contribution in [0.25, 0.3) is 0 Å². The lowest BCUT2D eigenvalue weighted by molar-refractivity contribution is -0.139. The highest BCUT2D eigenvalue weighted by Crippen LogP contribution is 2.29. The van der Waals surface area contributed by atoms with Crippen LogP contribution in [-0.4, -0.2) is 28.9 Å². The molecule has 0 radical (unpaired) electrons. The minimum Gasteiger partial charge on any atom is -0.336 e. The molecule has 1 N–H and O–H groups in total. The molecule has 0 saturated heterocycles. The molecular weight excluding hydrogens is 296 g/mol. The van der Waals surface area contributed by atoms with Gasteiger partial charge in [-0.3, -0.25) is 4.79 Å². The van der Waals surface area contributed by atoms with E-state index in [1.165, 1.54) is 42.4 Å². The summed E-state index contributed by atoms with van der Waals surface area (Å²) in [6, 6.07) is 6.51. The Morgan fingerprint density at radius 2 is 1.92 bits per heavy atom. The van der Waals surface area contributed by atoms with Gasteiger partial charge in [-0.05, 0) is 64.0 Å². The van der Waals surface area contributed by atoms with Crippen LogP contribution in [0.1, 0.15) is 63.1 Å². The molecular formula is C21H32N2O. The average molecular weight is 328 g/mol. The molecule has 0 aromatic heterocycles. The summed E-state index contributed by atoms with van der Waals surface area (Å²) in [6.45, 7) is 10.3. The first-order chi connectivity index (χ1) is 11.3. The summed E-state index contributed by atoms with van der Waals surface area (Å²) in [5.41, 5.74) is 3.83. The summed E-state index contributed by atoms with van der Waals surface area (Å²) >= 11 is 0. The highest BCUT2D eigenvalue weighted by Gasteiger charge is 2.35. The number of nitrogens with one attached hydrogen (secondary N) is 1. The summed E-state index contributed by atoms with van der Waals surface area (Å²) in [7, 11) is 0. The molecule has 1 aliphatic carbocycles. The molecule has 24 heavy (non-hydrogen) atoms. The molecule has 1 fully saturated rings. The van der Waals surface area contributed by atoms with Gasteiger partial charge < -0.3 is 10.2 Å². The van der Waals surface area contributed by atoms with Gasteiger partial charge in [0.05, 0.1) is 6.04 Å². The molecule has 2 aliphatic rings. The maximum absolute atomic E-state index is 13.3. The van der Waals surface area contributed by atoms with Crippen LogP contribution in [0.2, 0.25) is 0 Å². The van der Waals surface area contributed by atoms with Gasteiger partial charge in [0.2, 0.25) is 5.91 Å². The smallest absolute Gasteiger partial charge is 0.240 e. The van der Waals surface area contributed by atoms with Crippen molar-refractivity contribution < 1.29 is 4.79 Å². The highest BCUT2D eigenvalue weighted by atomic mass is 16.2. The Morgan fingerprint density at radius 3 is 2.58 bits per heavy atom. The maximum atomic E-state index is 13.3. The zero-order valence-corrected chi connectivity index (χ0v) is 15.7. The van der Waals surface area contributed by atoms with E-state index in [2.05, 4.69) is 56.1 Å². The van der Waals surface area contributed by atoms with Crippen molar-refractivity contribution in [2.45, 2.75) is 77.9 Å². The molecule has 1 aliphatic heterocycles. The van der Waals surface area contributed by atoms with Crippen molar-refractivity contribution in [2.75, 3.05) is 6.54 Å². The van der Waals surface area contributed by atoms with Crippen LogP contribution in [0.4, 0.5) is 0 Å². The summed E-state index contributed by atoms with van der Waals surface area (Å²) in [4.78, 5) is 15.4. The van der Waals surface area contributed by atoms with E-state index in [-0.39, 0.29) is 17.5 Å². The number of fused-ring (bicyclic) bond motifs is 1. The topological polar surface area (TPSA) is 32.3 Å². The number of hydrogen-bond acceptors (Lipinski definition) is 2. The lowest BCUT2D eigenvalue weighted by atomic mass is 9.92. The standard InChI is InChI=1S/C21H32N2O/c1-15-9-10-17-13-22-19(12-18(17)11-15)20(24)23(21(2,3)4)14-16-7-5-6-8-16/h9-11,16,19,22H,5-8,12-14H2,1-4H3. The average Bonchev–Trinajstić information content (AvgIpc) is 3.03. The highest BCUT2D eigenvalue weighted by molar-refractivity contribution is 5.83. The van der Waals surface area contributed by atoms with Crippen LogP contribution in [0.3, 0.4) is 0 Å². The van der Waals surface area contributed by atoms with Crippen LogP contribution in [0.5, 0.6) is 0 Å². The van der Waals surface area contributed by atoms with Crippen LogP contribution in [0, 0.1) is 12.8 Å². The number of nitrogens with zero attached hydrogens (tertiary/aromatic N) is 1. The molecule has 3 rings (SSSR count). The van der Waals surface area contributed by atoms with Gasteiger partial charge in [0, 0.05) is 18.6 Å². The molecule has 1 heterocycles. The van der Waals surface area contributed by atoms with Crippen molar-refractivity contribution >= 4 is 5.91 Å². The molecule has 3 heteroatoms. The maximum Gasteiger partial charge on any atom is 0.240 e. The number of hydrogen-bond donors (Lipinski definition) is 1. The van der Waals surface area contributed by atoms with Crippen LogP contribution < -0.4 is 5.32 Å². The minimum absolute atomic E-state index is 0.0834. The van der Waals surface area contributed by atoms with Crippen molar-refractivity contribution in [3.8, 4) is 0 Å². The van der Waals surface area contributed by atoms with E-state index >= 15 is 0 Å². The molecule has 1 amide bonds. The minimum atomic E-state index is -0.117. The first-order valence-corrected chi connectivity index (χ1v) is 9.48. The van der Waals surface area contributed by atoms with E-state index < -0.39 is 0 Å². The van der Waals surface area contributed by atoms with Crippen molar-refractivity contribution in [1.82, 2.24) is 10.2 Å². The SMILES string of the molecule is Cc1ccc2c(c1)CC(C(=O)N(CC1CCCC1)C(C)(C)C)NC2. The number of rotatable bonds is 3. The van der Waals surface area contributed by atoms with Crippen molar-refractivity contribution in [2.24, 2.45) is 5.92 Å². The second kappa shape index (κ2) is 6.87. The summed E-state index contributed by atoms with van der Waals surface area (Å²) in [5, 5.41) is 3.48. The Balaban J connectivity index is 1.75. The predicted octanol–water partition coefficient (Wildman–Crippen LogP) is 3.83. The molecule has 3 nitrogen and oxygen atoms in total. The predicted molar refractivity (Wildman–Crippen MR) is 98.9 cm³/mol. The third-order valence-corrected chi connectivity index (χ3v) is 5.61. The Kier molecular flexibility index (Phi) is 5.00. The van der Waals surface area contributed by atoms with E-state index in [1.807, 2.05) is 0 Å². The number of benzene rings is 1. The number of carbonyl (C=O) groups excluding carboxylic acids is 1. The molecule has 1 saturated carbocycles. The van der Waals surface area contributed by atoms with Crippen molar-refractivity contribution in [3.05, 3.63) is 34.9 Å². The number of amides is 1. The quantitative estimate of drug-likeness (QED) is 0.914. The van der Waals surface area contributed by atoms with Gasteiger partial charge in [0.15, 0.2) is 0 Å². The second-order valence-corrected chi connectivity index (χ2v) is 8.68. The Hall–Kier alpha value is -1.35. The summed E-state index contributed by atoms with van der Waals surface area (Å²) < 4.78 is 0. The molecule has 1 aromatic carbocycles. The van der Waals surface area contributed by atoms with Gasteiger partial charge >= 0.3 is 0 Å². The second-order valence-electron chi connectivity index (χ2n) is 8.68. The summed E-state index contributed by atoms with van der Waals surface area (Å²) in [6.07, 6.45) is 6.02. The fourth-order valence-corrected chi connectivity index (χ4v) is 4.15. The first-order valence-electron chi connectivity index (χ1n) is 9.48. The Morgan fingerprint density at radius 1 is 1.21 bits per heavy atom. The van der Waals surface area contributed by atoms with E-state index in [9.17, 15) is 4.79 Å². The lowest BCUT2D eigenvalue weighted by Gasteiger charge is -2.41. The van der Waals surface area contributed by atoms with Gasteiger partial charge in [0.25, 0.3) is 0 Å². The van der Waals surface area contributed by atoms with Crippen LogP contribution >= 0.6 is 0 Å². The first kappa shape index (κ1) is 17.5. The van der Waals surface area contributed by atoms with Gasteiger partial charge in [-0.1, -0.05) is 36.6 Å². The molecule has 1 unspecified atom stereocenters. The van der Waals surface area contributed by atoms with Gasteiger partial charge in [0.1, 0.15) is 0 Å². The third kappa shape index (κ3) is 3.83. The lowest BCUT2D eigenvalue weighted by Crippen LogP contribution is -2.56. The Bertz CT molecular complexity index is 596. The largest absolute Gasteiger partial charge is 0.336 e. The van der Waals surface area contributed by atoms with Gasteiger partial charge in [-0.15, -0.1) is 0 Å². The molecule has 0 bridgehead atoms. The molecule has 1 atom stereocenters. The zero-order chi connectivity index (χ0) is 17.3. The normalized spacial score (nSPS) is 21.6. The monoisotopic (exact) mass is 328 g/mol. The van der Waals surface area contributed by atoms with Crippen LogP contribution in [0.15, 0.2) is 18.2 Å². The van der Waals surface area contributed by atoms with E-state index in [0.717, 1.165) is 19.5 Å². The van der Waals surface area contributed by atoms with E-state index in [1.54, 1.807) is 0 Å². The number of carbonyl (C=O) groups is 1. The molecule has 132 valence electrons. The van der Waals surface area contributed by atoms with Gasteiger partial charge in [-0.25, -0.2) is 0 Å². The van der Waals surface area contributed by atoms with Gasteiger partial charge in [-0.2, -0.15) is 0 Å². The molecule has 1 aromatic rings. The fraction of sp³-hybridized carbons (Fsp3) is 0.667. The summed E-state index contributed by atoms with van der Waals surface area (Å²) in [5.74, 6) is 0.966. The zero-order valence-electron chi connectivity index (χ0n) is 15.7.